The maximum absolute atomic E-state index is 12.0. The van der Waals surface area contributed by atoms with E-state index in [1.165, 1.54) is 11.8 Å². The number of hydrogen-bond acceptors (Lipinski definition) is 3. The van der Waals surface area contributed by atoms with Crippen LogP contribution in [0.15, 0.2) is 24.3 Å². The van der Waals surface area contributed by atoms with Crippen LogP contribution in [-0.2, 0) is 4.79 Å². The Morgan fingerprint density at radius 2 is 2.11 bits per heavy atom. The molecule has 2 rings (SSSR count). The van der Waals surface area contributed by atoms with Gasteiger partial charge in [-0.1, -0.05) is 26.0 Å². The lowest BCUT2D eigenvalue weighted by molar-refractivity contribution is -0.126. The average molecular weight is 247 g/mol. The number of amides is 1. The van der Waals surface area contributed by atoms with Crippen molar-refractivity contribution >= 4 is 17.4 Å². The number of benzene rings is 1. The van der Waals surface area contributed by atoms with E-state index < -0.39 is 11.5 Å². The highest BCUT2D eigenvalue weighted by atomic mass is 16.3. The molecular formula is C14H17NO3. The third-order valence-electron chi connectivity index (χ3n) is 3.37. The lowest BCUT2D eigenvalue weighted by atomic mass is 9.90. The van der Waals surface area contributed by atoms with Gasteiger partial charge >= 0.3 is 0 Å². The molecule has 1 saturated heterocycles. The van der Waals surface area contributed by atoms with Crippen LogP contribution < -0.4 is 4.90 Å². The van der Waals surface area contributed by atoms with Crippen molar-refractivity contribution in [3.05, 3.63) is 29.8 Å². The zero-order valence-electron chi connectivity index (χ0n) is 10.8. The first-order chi connectivity index (χ1) is 8.33. The van der Waals surface area contributed by atoms with Gasteiger partial charge in [0.25, 0.3) is 5.91 Å². The highest BCUT2D eigenvalue weighted by Gasteiger charge is 2.45. The van der Waals surface area contributed by atoms with E-state index in [4.69, 9.17) is 0 Å². The molecule has 1 aliphatic heterocycles. The highest BCUT2D eigenvalue weighted by Crippen LogP contribution is 2.34. The summed E-state index contributed by atoms with van der Waals surface area (Å²) in [6.07, 6.45) is -0.988. The molecule has 1 atom stereocenters. The van der Waals surface area contributed by atoms with Crippen LogP contribution in [0, 0.1) is 5.41 Å². The smallest absolute Gasteiger partial charge is 0.256 e. The molecule has 0 bridgehead atoms. The molecule has 1 N–H and O–H groups in total. The first-order valence-electron chi connectivity index (χ1n) is 5.93. The van der Waals surface area contributed by atoms with Gasteiger partial charge in [0.15, 0.2) is 5.78 Å². The van der Waals surface area contributed by atoms with E-state index in [-0.39, 0.29) is 11.7 Å². The van der Waals surface area contributed by atoms with E-state index in [1.807, 2.05) is 13.8 Å². The number of hydrogen-bond donors (Lipinski definition) is 1. The van der Waals surface area contributed by atoms with Crippen molar-refractivity contribution in [1.82, 2.24) is 0 Å². The second-order valence-corrected chi connectivity index (χ2v) is 5.42. The fourth-order valence-corrected chi connectivity index (χ4v) is 2.17. The standard InChI is InChI=1S/C14H17NO3/c1-9(16)10-5-4-6-11(7-10)15-8-14(2,3)12(17)13(15)18/h4-7,12,17H,8H2,1-3H3. The third-order valence-corrected chi connectivity index (χ3v) is 3.37. The summed E-state index contributed by atoms with van der Waals surface area (Å²) in [6, 6.07) is 6.93. The fraction of sp³-hybridized carbons (Fsp3) is 0.429. The Kier molecular flexibility index (Phi) is 2.99. The van der Waals surface area contributed by atoms with Crippen molar-refractivity contribution < 1.29 is 14.7 Å². The molecule has 1 aromatic carbocycles. The lowest BCUT2D eigenvalue weighted by Gasteiger charge is -2.20. The van der Waals surface area contributed by atoms with Crippen LogP contribution in [0.4, 0.5) is 5.69 Å². The maximum Gasteiger partial charge on any atom is 0.256 e. The van der Waals surface area contributed by atoms with Crippen LogP contribution in [0.1, 0.15) is 31.1 Å². The summed E-state index contributed by atoms with van der Waals surface area (Å²) in [5.74, 6) is -0.344. The van der Waals surface area contributed by atoms with Crippen LogP contribution in [0.2, 0.25) is 0 Å². The van der Waals surface area contributed by atoms with Crippen molar-refractivity contribution in [2.45, 2.75) is 26.9 Å². The number of anilines is 1. The van der Waals surface area contributed by atoms with Crippen molar-refractivity contribution in [2.75, 3.05) is 11.4 Å². The summed E-state index contributed by atoms with van der Waals surface area (Å²) in [5.41, 5.74) is 0.764. The summed E-state index contributed by atoms with van der Waals surface area (Å²) < 4.78 is 0. The van der Waals surface area contributed by atoms with Gasteiger partial charge < -0.3 is 10.0 Å². The Balaban J connectivity index is 2.36. The quantitative estimate of drug-likeness (QED) is 0.808. The second-order valence-electron chi connectivity index (χ2n) is 5.42. The third kappa shape index (κ3) is 2.04. The minimum atomic E-state index is -0.988. The Labute approximate surface area is 106 Å². The zero-order valence-corrected chi connectivity index (χ0v) is 10.8. The van der Waals surface area contributed by atoms with Crippen molar-refractivity contribution in [2.24, 2.45) is 5.41 Å². The molecule has 4 heteroatoms. The normalized spacial score (nSPS) is 22.3. The first-order valence-corrected chi connectivity index (χ1v) is 5.93. The Morgan fingerprint density at radius 1 is 1.44 bits per heavy atom. The molecule has 1 unspecified atom stereocenters. The molecule has 1 amide bonds. The number of aliphatic hydroxyl groups excluding tert-OH is 1. The van der Waals surface area contributed by atoms with E-state index in [1.54, 1.807) is 24.3 Å². The van der Waals surface area contributed by atoms with E-state index in [9.17, 15) is 14.7 Å². The molecule has 0 spiro atoms. The molecule has 0 aliphatic carbocycles. The van der Waals surface area contributed by atoms with Crippen LogP contribution in [-0.4, -0.2) is 29.4 Å². The molecule has 18 heavy (non-hydrogen) atoms. The van der Waals surface area contributed by atoms with Crippen LogP contribution >= 0.6 is 0 Å². The summed E-state index contributed by atoms with van der Waals surface area (Å²) in [6.45, 7) is 5.65. The summed E-state index contributed by atoms with van der Waals surface area (Å²) >= 11 is 0. The summed E-state index contributed by atoms with van der Waals surface area (Å²) in [5, 5.41) is 9.88. The van der Waals surface area contributed by atoms with Crippen LogP contribution in [0.25, 0.3) is 0 Å². The molecule has 1 aliphatic rings. The fourth-order valence-electron chi connectivity index (χ4n) is 2.17. The topological polar surface area (TPSA) is 57.6 Å². The molecule has 96 valence electrons. The number of carbonyl (C=O) groups excluding carboxylic acids is 2. The average Bonchev–Trinajstić information content (AvgIpc) is 2.53. The molecule has 0 aromatic heterocycles. The van der Waals surface area contributed by atoms with Gasteiger partial charge in [0.05, 0.1) is 0 Å². The largest absolute Gasteiger partial charge is 0.383 e. The number of ketones is 1. The number of nitrogens with zero attached hydrogens (tertiary/aromatic N) is 1. The van der Waals surface area contributed by atoms with E-state index in [2.05, 4.69) is 0 Å². The second kappa shape index (κ2) is 4.21. The number of Topliss-reactive ketones (excluding diaryl/α,β-unsaturated/α-hetero) is 1. The summed E-state index contributed by atoms with van der Waals surface area (Å²) in [7, 11) is 0. The Morgan fingerprint density at radius 3 is 2.61 bits per heavy atom. The predicted molar refractivity (Wildman–Crippen MR) is 68.6 cm³/mol. The zero-order chi connectivity index (χ0) is 13.5. The molecule has 4 nitrogen and oxygen atoms in total. The van der Waals surface area contributed by atoms with Crippen molar-refractivity contribution in [3.8, 4) is 0 Å². The lowest BCUT2D eigenvalue weighted by Crippen LogP contribution is -2.30. The van der Waals surface area contributed by atoms with E-state index >= 15 is 0 Å². The minimum Gasteiger partial charge on any atom is -0.383 e. The van der Waals surface area contributed by atoms with Crippen LogP contribution in [0.3, 0.4) is 0 Å². The van der Waals surface area contributed by atoms with Gasteiger partial charge in [-0.2, -0.15) is 0 Å². The SMILES string of the molecule is CC(=O)c1cccc(N2CC(C)(C)C(O)C2=O)c1. The van der Waals surface area contributed by atoms with Gasteiger partial charge in [-0.25, -0.2) is 0 Å². The first kappa shape index (κ1) is 12.8. The highest BCUT2D eigenvalue weighted by molar-refractivity contribution is 6.01. The molecule has 1 fully saturated rings. The van der Waals surface area contributed by atoms with Gasteiger partial charge in [-0.15, -0.1) is 0 Å². The van der Waals surface area contributed by atoms with Crippen LogP contribution in [0.5, 0.6) is 0 Å². The molecule has 0 saturated carbocycles. The molecule has 0 radical (unpaired) electrons. The van der Waals surface area contributed by atoms with E-state index in [0.717, 1.165) is 0 Å². The maximum atomic E-state index is 12.0. The molecular weight excluding hydrogens is 230 g/mol. The van der Waals surface area contributed by atoms with Crippen molar-refractivity contribution in [3.63, 3.8) is 0 Å². The van der Waals surface area contributed by atoms with Gasteiger partial charge in [-0.3, -0.25) is 9.59 Å². The van der Waals surface area contributed by atoms with Gasteiger partial charge in [-0.05, 0) is 19.1 Å². The Hall–Kier alpha value is -1.68. The number of aliphatic hydroxyl groups is 1. The van der Waals surface area contributed by atoms with Crippen molar-refractivity contribution in [1.29, 1.82) is 0 Å². The van der Waals surface area contributed by atoms with Gasteiger partial charge in [0.1, 0.15) is 6.10 Å². The predicted octanol–water partition coefficient (Wildman–Crippen LogP) is 1.62. The summed E-state index contributed by atoms with van der Waals surface area (Å²) in [4.78, 5) is 24.9. The number of carbonyl (C=O) groups is 2. The molecule has 1 aromatic rings. The molecule has 1 heterocycles. The Bertz CT molecular complexity index is 508. The van der Waals surface area contributed by atoms with Gasteiger partial charge in [0, 0.05) is 23.2 Å². The number of rotatable bonds is 2. The van der Waals surface area contributed by atoms with Gasteiger partial charge in [0.2, 0.25) is 0 Å². The van der Waals surface area contributed by atoms with E-state index in [0.29, 0.717) is 17.8 Å². The minimum absolute atomic E-state index is 0.0386. The monoisotopic (exact) mass is 247 g/mol.